The maximum Gasteiger partial charge on any atom is 0.254 e. The van der Waals surface area contributed by atoms with Gasteiger partial charge in [0, 0.05) is 46.0 Å². The van der Waals surface area contributed by atoms with Crippen LogP contribution in [0.25, 0.3) is 0 Å². The normalized spacial score (nSPS) is 20.2. The molecule has 0 aromatic heterocycles. The van der Waals surface area contributed by atoms with Crippen LogP contribution < -0.4 is 9.64 Å². The van der Waals surface area contributed by atoms with Gasteiger partial charge >= 0.3 is 0 Å². The van der Waals surface area contributed by atoms with E-state index in [1.807, 2.05) is 30.3 Å². The molecule has 39 heavy (non-hydrogen) atoms. The van der Waals surface area contributed by atoms with Crippen LogP contribution in [0.5, 0.6) is 5.75 Å². The summed E-state index contributed by atoms with van der Waals surface area (Å²) >= 11 is 6.47. The number of ether oxygens (including phenoxy) is 1. The van der Waals surface area contributed by atoms with E-state index in [2.05, 4.69) is 21.9 Å². The number of carbonyl (C=O) groups excluding carboxylic acids is 2. The maximum atomic E-state index is 13.9. The lowest BCUT2D eigenvalue weighted by Crippen LogP contribution is -2.49. The first-order valence-corrected chi connectivity index (χ1v) is 14.9. The van der Waals surface area contributed by atoms with E-state index in [1.165, 1.54) is 0 Å². The van der Waals surface area contributed by atoms with Gasteiger partial charge in [0.05, 0.1) is 23.1 Å². The van der Waals surface area contributed by atoms with Gasteiger partial charge in [-0.2, -0.15) is 0 Å². The van der Waals surface area contributed by atoms with E-state index in [1.54, 1.807) is 26.1 Å². The van der Waals surface area contributed by atoms with Crippen molar-refractivity contribution in [2.24, 2.45) is 11.8 Å². The third-order valence-electron chi connectivity index (χ3n) is 9.50. The van der Waals surface area contributed by atoms with Crippen LogP contribution in [0.3, 0.4) is 0 Å². The number of hydrogen-bond acceptors (Lipinski definition) is 4. The molecule has 5 rings (SSSR count). The molecule has 210 valence electrons. The number of rotatable bonds is 6. The lowest BCUT2D eigenvalue weighted by molar-refractivity contribution is -0.139. The van der Waals surface area contributed by atoms with Gasteiger partial charge in [0.2, 0.25) is 5.91 Å². The third kappa shape index (κ3) is 5.63. The van der Waals surface area contributed by atoms with E-state index in [-0.39, 0.29) is 11.3 Å². The summed E-state index contributed by atoms with van der Waals surface area (Å²) in [5, 5.41) is 0.514. The van der Waals surface area contributed by atoms with Gasteiger partial charge in [-0.1, -0.05) is 36.6 Å². The van der Waals surface area contributed by atoms with Crippen molar-refractivity contribution in [1.82, 2.24) is 9.80 Å². The largest absolute Gasteiger partial charge is 0.497 e. The highest BCUT2D eigenvalue weighted by molar-refractivity contribution is 6.34. The smallest absolute Gasteiger partial charge is 0.254 e. The van der Waals surface area contributed by atoms with E-state index >= 15 is 0 Å². The zero-order valence-corrected chi connectivity index (χ0v) is 24.4. The highest BCUT2D eigenvalue weighted by Crippen LogP contribution is 2.44. The van der Waals surface area contributed by atoms with Crippen molar-refractivity contribution in [2.45, 2.75) is 56.8 Å². The van der Waals surface area contributed by atoms with Crippen LogP contribution in [0.2, 0.25) is 5.02 Å². The predicted molar refractivity (Wildman–Crippen MR) is 157 cm³/mol. The lowest BCUT2D eigenvalue weighted by atomic mass is 9.75. The van der Waals surface area contributed by atoms with E-state index in [0.29, 0.717) is 28.3 Å². The third-order valence-corrected chi connectivity index (χ3v) is 9.81. The number of piperidine rings is 2. The molecule has 2 aromatic rings. The number of halogens is 1. The van der Waals surface area contributed by atoms with Crippen molar-refractivity contribution in [3.8, 4) is 5.75 Å². The second-order valence-electron chi connectivity index (χ2n) is 11.8. The second kappa shape index (κ2) is 11.8. The van der Waals surface area contributed by atoms with Crippen molar-refractivity contribution < 1.29 is 14.3 Å². The van der Waals surface area contributed by atoms with E-state index in [0.717, 1.165) is 94.5 Å². The Labute approximate surface area is 238 Å². The van der Waals surface area contributed by atoms with Gasteiger partial charge in [-0.05, 0) is 86.3 Å². The van der Waals surface area contributed by atoms with Gasteiger partial charge in [-0.3, -0.25) is 9.59 Å². The monoisotopic (exact) mass is 551 g/mol. The lowest BCUT2D eigenvalue weighted by Gasteiger charge is -2.43. The number of likely N-dealkylation sites (tertiary alicyclic amines) is 1. The predicted octanol–water partition coefficient (Wildman–Crippen LogP) is 6.02. The van der Waals surface area contributed by atoms with Gasteiger partial charge in [-0.15, -0.1) is 0 Å². The van der Waals surface area contributed by atoms with Crippen LogP contribution in [0.1, 0.15) is 67.3 Å². The molecule has 1 aliphatic carbocycles. The summed E-state index contributed by atoms with van der Waals surface area (Å²) in [5.41, 5.74) is 2.43. The molecule has 2 aromatic carbocycles. The fourth-order valence-electron chi connectivity index (χ4n) is 7.14. The van der Waals surface area contributed by atoms with E-state index < -0.39 is 0 Å². The van der Waals surface area contributed by atoms with E-state index in [9.17, 15) is 9.59 Å². The molecule has 2 amide bonds. The first-order chi connectivity index (χ1) is 18.8. The molecule has 2 aliphatic heterocycles. The summed E-state index contributed by atoms with van der Waals surface area (Å²) in [7, 11) is 5.17. The Morgan fingerprint density at radius 2 is 1.49 bits per heavy atom. The molecule has 6 nitrogen and oxygen atoms in total. The second-order valence-corrected chi connectivity index (χ2v) is 12.2. The quantitative estimate of drug-likeness (QED) is 0.441. The van der Waals surface area contributed by atoms with E-state index in [4.69, 9.17) is 16.3 Å². The molecule has 0 unspecified atom stereocenters. The molecule has 2 heterocycles. The SMILES string of the molecule is COc1ccc(C2(C(=O)N3CCC(C4CCN(c5ccc(C(=O)N(C)C)c(Cl)c5)CC4)CC3)CCCC2)cc1. The fourth-order valence-corrected chi connectivity index (χ4v) is 7.39. The topological polar surface area (TPSA) is 53.1 Å². The average molecular weight is 552 g/mol. The summed E-state index contributed by atoms with van der Waals surface area (Å²) in [6, 6.07) is 14.0. The molecule has 0 bridgehead atoms. The molecule has 0 N–H and O–H groups in total. The molecule has 7 heteroatoms. The fraction of sp³-hybridized carbons (Fsp3) is 0.562. The Morgan fingerprint density at radius 3 is 2.03 bits per heavy atom. The molecular weight excluding hydrogens is 510 g/mol. The van der Waals surface area contributed by atoms with Crippen molar-refractivity contribution >= 4 is 29.1 Å². The number of benzene rings is 2. The minimum atomic E-state index is -0.363. The summed E-state index contributed by atoms with van der Waals surface area (Å²) in [5.74, 6) is 2.49. The number of nitrogens with zero attached hydrogens (tertiary/aromatic N) is 3. The molecule has 3 aliphatic rings. The molecular formula is C32H42ClN3O3. The average Bonchev–Trinajstić information content (AvgIpc) is 3.48. The van der Waals surface area contributed by atoms with Crippen molar-refractivity contribution in [2.75, 3.05) is 52.3 Å². The van der Waals surface area contributed by atoms with Crippen molar-refractivity contribution in [3.05, 3.63) is 58.6 Å². The summed E-state index contributed by atoms with van der Waals surface area (Å²) in [6.07, 6.45) is 8.65. The highest BCUT2D eigenvalue weighted by atomic mass is 35.5. The van der Waals surface area contributed by atoms with Crippen LogP contribution in [0.4, 0.5) is 5.69 Å². The van der Waals surface area contributed by atoms with Crippen LogP contribution in [0, 0.1) is 11.8 Å². The standard InChI is InChI=1S/C32H42ClN3O3/c1-34(2)30(37)28-11-8-26(22-29(28)33)35-18-12-23(13-19-35)24-14-20-36(21-15-24)31(38)32(16-4-5-17-32)25-6-9-27(39-3)10-7-25/h6-11,22-24H,4-5,12-21H2,1-3H3. The Hall–Kier alpha value is -2.73. The van der Waals surface area contributed by atoms with Gasteiger partial charge in [0.1, 0.15) is 5.75 Å². The maximum absolute atomic E-state index is 13.9. The Kier molecular flexibility index (Phi) is 8.41. The van der Waals surface area contributed by atoms with Gasteiger partial charge < -0.3 is 19.4 Å². The van der Waals surface area contributed by atoms with Crippen LogP contribution in [-0.2, 0) is 10.2 Å². The summed E-state index contributed by atoms with van der Waals surface area (Å²) in [6.45, 7) is 3.75. The highest BCUT2D eigenvalue weighted by Gasteiger charge is 2.45. The number of hydrogen-bond donors (Lipinski definition) is 0. The zero-order chi connectivity index (χ0) is 27.6. The van der Waals surface area contributed by atoms with Gasteiger partial charge in [0.15, 0.2) is 0 Å². The number of amides is 2. The van der Waals surface area contributed by atoms with Gasteiger partial charge in [-0.25, -0.2) is 0 Å². The first kappa shape index (κ1) is 27.8. The number of anilines is 1. The summed E-state index contributed by atoms with van der Waals surface area (Å²) in [4.78, 5) is 32.4. The molecule has 2 saturated heterocycles. The number of methoxy groups -OCH3 is 1. The molecule has 1 saturated carbocycles. The Bertz CT molecular complexity index is 1160. The molecule has 0 radical (unpaired) electrons. The van der Waals surface area contributed by atoms with Crippen molar-refractivity contribution in [1.29, 1.82) is 0 Å². The Morgan fingerprint density at radius 1 is 0.897 bits per heavy atom. The molecule has 0 atom stereocenters. The van der Waals surface area contributed by atoms with Gasteiger partial charge in [0.25, 0.3) is 5.91 Å². The van der Waals surface area contributed by atoms with Crippen LogP contribution >= 0.6 is 11.6 Å². The zero-order valence-electron chi connectivity index (χ0n) is 23.6. The number of carbonyl (C=O) groups is 2. The molecule has 0 spiro atoms. The van der Waals surface area contributed by atoms with Crippen molar-refractivity contribution in [3.63, 3.8) is 0 Å². The summed E-state index contributed by atoms with van der Waals surface area (Å²) < 4.78 is 5.35. The minimum Gasteiger partial charge on any atom is -0.497 e. The first-order valence-electron chi connectivity index (χ1n) is 14.5. The molecule has 3 fully saturated rings. The van der Waals surface area contributed by atoms with Crippen LogP contribution in [-0.4, -0.2) is 69.0 Å². The Balaban J connectivity index is 1.16. The minimum absolute atomic E-state index is 0.0714. The van der Waals surface area contributed by atoms with Crippen LogP contribution in [0.15, 0.2) is 42.5 Å².